The standard InChI is InChI=1S/C19H25N3O3S/c1-4-22(5-2)17-12-10-16(11-13-17)21-19(23)14-20-26(24,25)18-9-7-6-8-15(18)3/h6-13,20H,4-5,14H2,1-3H3,(H,21,23). The Bertz CT molecular complexity index is 845. The minimum absolute atomic E-state index is 0.177. The smallest absolute Gasteiger partial charge is 0.241 e. The van der Waals surface area contributed by atoms with Gasteiger partial charge in [-0.05, 0) is 56.7 Å². The molecule has 1 amide bonds. The van der Waals surface area contributed by atoms with Crippen molar-refractivity contribution in [1.82, 2.24) is 4.72 Å². The fraction of sp³-hybridized carbons (Fsp3) is 0.316. The fourth-order valence-electron chi connectivity index (χ4n) is 2.65. The van der Waals surface area contributed by atoms with Gasteiger partial charge in [0.1, 0.15) is 0 Å². The Morgan fingerprint density at radius 3 is 2.19 bits per heavy atom. The quantitative estimate of drug-likeness (QED) is 0.744. The van der Waals surface area contributed by atoms with Crippen molar-refractivity contribution in [2.45, 2.75) is 25.7 Å². The van der Waals surface area contributed by atoms with Gasteiger partial charge in [-0.3, -0.25) is 4.79 Å². The minimum Gasteiger partial charge on any atom is -0.372 e. The lowest BCUT2D eigenvalue weighted by Crippen LogP contribution is -2.33. The highest BCUT2D eigenvalue weighted by atomic mass is 32.2. The van der Waals surface area contributed by atoms with Gasteiger partial charge in [-0.25, -0.2) is 13.1 Å². The maximum atomic E-state index is 12.3. The number of amides is 1. The first-order valence-electron chi connectivity index (χ1n) is 8.57. The van der Waals surface area contributed by atoms with Crippen LogP contribution < -0.4 is 14.9 Å². The van der Waals surface area contributed by atoms with Crippen molar-refractivity contribution in [2.75, 3.05) is 29.9 Å². The van der Waals surface area contributed by atoms with Crippen LogP contribution >= 0.6 is 0 Å². The number of rotatable bonds is 8. The number of anilines is 2. The number of sulfonamides is 1. The monoisotopic (exact) mass is 375 g/mol. The Morgan fingerprint density at radius 2 is 1.62 bits per heavy atom. The first kappa shape index (κ1) is 19.9. The highest BCUT2D eigenvalue weighted by Gasteiger charge is 2.17. The molecule has 0 spiro atoms. The molecule has 0 unspecified atom stereocenters. The summed E-state index contributed by atoms with van der Waals surface area (Å²) in [7, 11) is -3.72. The molecular weight excluding hydrogens is 350 g/mol. The molecule has 2 aromatic rings. The van der Waals surface area contributed by atoms with Crippen LogP contribution in [0.15, 0.2) is 53.4 Å². The number of hydrogen-bond acceptors (Lipinski definition) is 4. The zero-order valence-corrected chi connectivity index (χ0v) is 16.1. The molecule has 0 heterocycles. The molecule has 0 aliphatic carbocycles. The molecule has 0 bridgehead atoms. The predicted molar refractivity (Wildman–Crippen MR) is 105 cm³/mol. The average Bonchev–Trinajstić information content (AvgIpc) is 2.63. The van der Waals surface area contributed by atoms with Crippen LogP contribution in [0.1, 0.15) is 19.4 Å². The Morgan fingerprint density at radius 1 is 1.00 bits per heavy atom. The topological polar surface area (TPSA) is 78.5 Å². The lowest BCUT2D eigenvalue weighted by Gasteiger charge is -2.21. The summed E-state index contributed by atoms with van der Waals surface area (Å²) in [6.45, 7) is 7.37. The maximum absolute atomic E-state index is 12.3. The summed E-state index contributed by atoms with van der Waals surface area (Å²) in [5.74, 6) is -0.419. The van der Waals surface area contributed by atoms with Gasteiger partial charge in [0.25, 0.3) is 0 Å². The van der Waals surface area contributed by atoms with E-state index in [4.69, 9.17) is 0 Å². The van der Waals surface area contributed by atoms with Gasteiger partial charge in [0.15, 0.2) is 0 Å². The number of hydrogen-bond donors (Lipinski definition) is 2. The summed E-state index contributed by atoms with van der Waals surface area (Å²) in [4.78, 5) is 14.4. The second-order valence-electron chi connectivity index (χ2n) is 5.86. The third-order valence-electron chi connectivity index (χ3n) is 4.09. The van der Waals surface area contributed by atoms with Crippen LogP contribution in [-0.2, 0) is 14.8 Å². The normalized spacial score (nSPS) is 11.2. The summed E-state index contributed by atoms with van der Waals surface area (Å²) in [6, 6.07) is 14.1. The summed E-state index contributed by atoms with van der Waals surface area (Å²) >= 11 is 0. The Hall–Kier alpha value is -2.38. The molecule has 140 valence electrons. The van der Waals surface area contributed by atoms with Gasteiger partial charge in [0.05, 0.1) is 11.4 Å². The van der Waals surface area contributed by atoms with Crippen LogP contribution in [0.3, 0.4) is 0 Å². The first-order chi connectivity index (χ1) is 12.4. The largest absolute Gasteiger partial charge is 0.372 e. The van der Waals surface area contributed by atoms with E-state index in [-0.39, 0.29) is 11.4 Å². The fourth-order valence-corrected chi connectivity index (χ4v) is 3.87. The van der Waals surface area contributed by atoms with Crippen molar-refractivity contribution in [2.24, 2.45) is 0 Å². The molecule has 2 rings (SSSR count). The van der Waals surface area contributed by atoms with E-state index in [1.54, 1.807) is 37.3 Å². The molecule has 2 N–H and O–H groups in total. The number of aryl methyl sites for hydroxylation is 1. The van der Waals surface area contributed by atoms with Crippen molar-refractivity contribution in [3.63, 3.8) is 0 Å². The Kier molecular flexibility index (Phi) is 6.76. The van der Waals surface area contributed by atoms with Crippen LogP contribution in [0.25, 0.3) is 0 Å². The molecule has 0 aliphatic heterocycles. The van der Waals surface area contributed by atoms with Crippen molar-refractivity contribution in [3.05, 3.63) is 54.1 Å². The van der Waals surface area contributed by atoms with Crippen molar-refractivity contribution in [1.29, 1.82) is 0 Å². The second kappa shape index (κ2) is 8.82. The molecule has 0 saturated carbocycles. The SMILES string of the molecule is CCN(CC)c1ccc(NC(=O)CNS(=O)(=O)c2ccccc2C)cc1. The third-order valence-corrected chi connectivity index (χ3v) is 5.65. The molecule has 7 heteroatoms. The molecule has 0 fully saturated rings. The van der Waals surface area contributed by atoms with Gasteiger partial charge in [-0.1, -0.05) is 18.2 Å². The lowest BCUT2D eigenvalue weighted by atomic mass is 10.2. The number of benzene rings is 2. The number of nitrogens with zero attached hydrogens (tertiary/aromatic N) is 1. The van der Waals surface area contributed by atoms with Gasteiger partial charge in [-0.15, -0.1) is 0 Å². The lowest BCUT2D eigenvalue weighted by molar-refractivity contribution is -0.115. The van der Waals surface area contributed by atoms with Crippen LogP contribution in [0, 0.1) is 6.92 Å². The van der Waals surface area contributed by atoms with E-state index >= 15 is 0 Å². The zero-order valence-electron chi connectivity index (χ0n) is 15.3. The second-order valence-corrected chi connectivity index (χ2v) is 7.59. The first-order valence-corrected chi connectivity index (χ1v) is 10.1. The molecule has 6 nitrogen and oxygen atoms in total. The molecule has 0 saturated heterocycles. The van der Waals surface area contributed by atoms with Crippen molar-refractivity contribution >= 4 is 27.3 Å². The molecule has 0 atom stereocenters. The van der Waals surface area contributed by atoms with Gasteiger partial charge < -0.3 is 10.2 Å². The number of nitrogens with one attached hydrogen (secondary N) is 2. The molecule has 26 heavy (non-hydrogen) atoms. The summed E-state index contributed by atoms with van der Waals surface area (Å²) in [5.41, 5.74) is 2.33. The summed E-state index contributed by atoms with van der Waals surface area (Å²) in [5, 5.41) is 2.70. The van der Waals surface area contributed by atoms with E-state index in [1.807, 2.05) is 12.1 Å². The van der Waals surface area contributed by atoms with E-state index in [9.17, 15) is 13.2 Å². The number of carbonyl (C=O) groups excluding carboxylic acids is 1. The van der Waals surface area contributed by atoms with Gasteiger partial charge in [0.2, 0.25) is 15.9 Å². The van der Waals surface area contributed by atoms with E-state index in [2.05, 4.69) is 28.8 Å². The average molecular weight is 375 g/mol. The van der Waals surface area contributed by atoms with Crippen LogP contribution in [-0.4, -0.2) is 34.0 Å². The highest BCUT2D eigenvalue weighted by Crippen LogP contribution is 2.18. The van der Waals surface area contributed by atoms with Crippen LogP contribution in [0.2, 0.25) is 0 Å². The van der Waals surface area contributed by atoms with E-state index in [0.29, 0.717) is 11.3 Å². The molecule has 0 aromatic heterocycles. The zero-order chi connectivity index (χ0) is 19.2. The van der Waals surface area contributed by atoms with E-state index in [1.165, 1.54) is 6.07 Å². The van der Waals surface area contributed by atoms with E-state index < -0.39 is 15.9 Å². The molecule has 0 radical (unpaired) electrons. The third kappa shape index (κ3) is 5.06. The van der Waals surface area contributed by atoms with Crippen LogP contribution in [0.4, 0.5) is 11.4 Å². The summed E-state index contributed by atoms with van der Waals surface area (Å²) in [6.07, 6.45) is 0. The van der Waals surface area contributed by atoms with Crippen molar-refractivity contribution in [3.8, 4) is 0 Å². The number of carbonyl (C=O) groups is 1. The molecule has 0 aliphatic rings. The van der Waals surface area contributed by atoms with Gasteiger partial charge in [0, 0.05) is 24.5 Å². The van der Waals surface area contributed by atoms with Gasteiger partial charge in [-0.2, -0.15) is 0 Å². The minimum atomic E-state index is -3.72. The predicted octanol–water partition coefficient (Wildman–Crippen LogP) is 2.76. The molecular formula is C19H25N3O3S. The summed E-state index contributed by atoms with van der Waals surface area (Å²) < 4.78 is 26.9. The van der Waals surface area contributed by atoms with Gasteiger partial charge >= 0.3 is 0 Å². The van der Waals surface area contributed by atoms with Crippen LogP contribution in [0.5, 0.6) is 0 Å². The Labute approximate surface area is 155 Å². The maximum Gasteiger partial charge on any atom is 0.241 e. The molecule has 2 aromatic carbocycles. The highest BCUT2D eigenvalue weighted by molar-refractivity contribution is 7.89. The van der Waals surface area contributed by atoms with E-state index in [0.717, 1.165) is 18.8 Å². The Balaban J connectivity index is 1.96. The van der Waals surface area contributed by atoms with Crippen molar-refractivity contribution < 1.29 is 13.2 Å².